The van der Waals surface area contributed by atoms with E-state index in [1.54, 1.807) is 0 Å². The summed E-state index contributed by atoms with van der Waals surface area (Å²) in [4.78, 5) is 34.8. The Balaban J connectivity index is 2.56. The van der Waals surface area contributed by atoms with Crippen LogP contribution in [0.3, 0.4) is 0 Å². The lowest BCUT2D eigenvalue weighted by atomic mass is 10.1. The monoisotopic (exact) mass is 197 g/mol. The fraction of sp³-hybridized carbons (Fsp3) is 0.700. The highest BCUT2D eigenvalue weighted by molar-refractivity contribution is 6.03. The van der Waals surface area contributed by atoms with E-state index >= 15 is 0 Å². The van der Waals surface area contributed by atoms with Gasteiger partial charge < -0.3 is 0 Å². The van der Waals surface area contributed by atoms with Gasteiger partial charge >= 0.3 is 0 Å². The Hall–Kier alpha value is -1.19. The molecule has 0 radical (unpaired) electrons. The van der Waals surface area contributed by atoms with Crippen molar-refractivity contribution >= 4 is 17.6 Å². The second kappa shape index (κ2) is 4.35. The number of nitrogens with zero attached hydrogens (tertiary/aromatic N) is 1. The fourth-order valence-electron chi connectivity index (χ4n) is 1.57. The molecule has 4 heteroatoms. The zero-order chi connectivity index (χ0) is 10.7. The minimum absolute atomic E-state index is 0.00514. The number of imide groups is 1. The van der Waals surface area contributed by atoms with Crippen LogP contribution in [0.2, 0.25) is 0 Å². The number of likely N-dealkylation sites (tertiary alicyclic amines) is 1. The third kappa shape index (κ3) is 2.19. The van der Waals surface area contributed by atoms with Crippen LogP contribution in [0.1, 0.15) is 33.1 Å². The van der Waals surface area contributed by atoms with Gasteiger partial charge in [-0.1, -0.05) is 6.92 Å². The minimum Gasteiger partial charge on any atom is -0.300 e. The van der Waals surface area contributed by atoms with E-state index in [0.29, 0.717) is 12.8 Å². The van der Waals surface area contributed by atoms with Crippen LogP contribution in [0.5, 0.6) is 0 Å². The van der Waals surface area contributed by atoms with Gasteiger partial charge in [0.05, 0.1) is 0 Å². The lowest BCUT2D eigenvalue weighted by molar-refractivity contribution is -0.139. The van der Waals surface area contributed by atoms with Crippen LogP contribution in [0.4, 0.5) is 0 Å². The molecule has 0 bridgehead atoms. The molecule has 0 saturated carbocycles. The molecule has 0 aromatic carbocycles. The predicted octanol–water partition coefficient (Wildman–Crippen LogP) is 0.751. The van der Waals surface area contributed by atoms with Gasteiger partial charge in [0.2, 0.25) is 11.8 Å². The summed E-state index contributed by atoms with van der Waals surface area (Å²) >= 11 is 0. The Morgan fingerprint density at radius 2 is 2.14 bits per heavy atom. The van der Waals surface area contributed by atoms with E-state index < -0.39 is 0 Å². The molecule has 14 heavy (non-hydrogen) atoms. The third-order valence-electron chi connectivity index (χ3n) is 2.52. The maximum Gasteiger partial charge on any atom is 0.232 e. The molecular weight excluding hydrogens is 182 g/mol. The smallest absolute Gasteiger partial charge is 0.232 e. The molecule has 1 aliphatic heterocycles. The molecule has 0 aliphatic carbocycles. The van der Waals surface area contributed by atoms with Gasteiger partial charge in [0.25, 0.3) is 0 Å². The molecule has 1 atom stereocenters. The van der Waals surface area contributed by atoms with Gasteiger partial charge in [-0.2, -0.15) is 0 Å². The van der Waals surface area contributed by atoms with Gasteiger partial charge in [-0.3, -0.25) is 19.3 Å². The number of ketones is 1. The van der Waals surface area contributed by atoms with Crippen molar-refractivity contribution in [2.24, 2.45) is 5.92 Å². The second-order valence-corrected chi connectivity index (χ2v) is 3.64. The van der Waals surface area contributed by atoms with Gasteiger partial charge in [-0.25, -0.2) is 0 Å². The molecule has 0 N–H and O–H groups in total. The topological polar surface area (TPSA) is 54.5 Å². The van der Waals surface area contributed by atoms with Crippen molar-refractivity contribution in [1.29, 1.82) is 0 Å². The molecule has 0 aromatic rings. The molecule has 1 aliphatic rings. The summed E-state index contributed by atoms with van der Waals surface area (Å²) in [6, 6.07) is 0. The normalized spacial score (nSPS) is 21.9. The van der Waals surface area contributed by atoms with E-state index in [1.165, 1.54) is 11.8 Å². The number of hydrogen-bond acceptors (Lipinski definition) is 3. The van der Waals surface area contributed by atoms with Gasteiger partial charge in [0.15, 0.2) is 0 Å². The van der Waals surface area contributed by atoms with Crippen LogP contribution in [0.15, 0.2) is 0 Å². The lowest BCUT2D eigenvalue weighted by Crippen LogP contribution is -2.32. The van der Waals surface area contributed by atoms with E-state index in [4.69, 9.17) is 0 Å². The van der Waals surface area contributed by atoms with E-state index in [-0.39, 0.29) is 36.5 Å². The lowest BCUT2D eigenvalue weighted by Gasteiger charge is -2.13. The first-order valence-electron chi connectivity index (χ1n) is 4.90. The highest BCUT2D eigenvalue weighted by atomic mass is 16.2. The average Bonchev–Trinajstić information content (AvgIpc) is 2.39. The first-order valence-corrected chi connectivity index (χ1v) is 4.90. The van der Waals surface area contributed by atoms with Crippen molar-refractivity contribution in [3.05, 3.63) is 0 Å². The Morgan fingerprint density at radius 1 is 1.50 bits per heavy atom. The Kier molecular flexibility index (Phi) is 3.38. The van der Waals surface area contributed by atoms with Gasteiger partial charge in [0.1, 0.15) is 5.78 Å². The van der Waals surface area contributed by atoms with Crippen molar-refractivity contribution in [3.63, 3.8) is 0 Å². The fourth-order valence-corrected chi connectivity index (χ4v) is 1.57. The summed E-state index contributed by atoms with van der Waals surface area (Å²) in [7, 11) is 0. The molecule has 78 valence electrons. The zero-order valence-electron chi connectivity index (χ0n) is 8.58. The molecule has 1 fully saturated rings. The largest absolute Gasteiger partial charge is 0.300 e. The van der Waals surface area contributed by atoms with Crippen molar-refractivity contribution in [1.82, 2.24) is 4.90 Å². The Morgan fingerprint density at radius 3 is 2.57 bits per heavy atom. The van der Waals surface area contributed by atoms with Crippen molar-refractivity contribution < 1.29 is 14.4 Å². The minimum atomic E-state index is -0.158. The highest BCUT2D eigenvalue weighted by Gasteiger charge is 2.36. The molecule has 1 rings (SSSR count). The standard InChI is InChI=1S/C10H15NO3/c1-3-8-6-9(13)11(10(8)14)5-4-7(2)12/h8H,3-6H2,1-2H3. The van der Waals surface area contributed by atoms with E-state index in [2.05, 4.69) is 0 Å². The van der Waals surface area contributed by atoms with E-state index in [1.807, 2.05) is 6.92 Å². The molecule has 2 amide bonds. The number of carbonyl (C=O) groups is 3. The molecule has 0 aromatic heterocycles. The first kappa shape index (κ1) is 10.9. The Bertz CT molecular complexity index is 273. The number of amides is 2. The molecule has 1 saturated heterocycles. The van der Waals surface area contributed by atoms with Gasteiger partial charge in [0, 0.05) is 25.3 Å². The van der Waals surface area contributed by atoms with Crippen molar-refractivity contribution in [2.45, 2.75) is 33.1 Å². The van der Waals surface area contributed by atoms with Crippen molar-refractivity contribution in [3.8, 4) is 0 Å². The predicted molar refractivity (Wildman–Crippen MR) is 50.4 cm³/mol. The summed E-state index contributed by atoms with van der Waals surface area (Å²) < 4.78 is 0. The van der Waals surface area contributed by atoms with Crippen LogP contribution < -0.4 is 0 Å². The van der Waals surface area contributed by atoms with Crippen LogP contribution in [0.25, 0.3) is 0 Å². The highest BCUT2D eigenvalue weighted by Crippen LogP contribution is 2.22. The zero-order valence-corrected chi connectivity index (χ0v) is 8.58. The van der Waals surface area contributed by atoms with E-state index in [9.17, 15) is 14.4 Å². The summed E-state index contributed by atoms with van der Waals surface area (Å²) in [6.45, 7) is 3.61. The summed E-state index contributed by atoms with van der Waals surface area (Å²) in [6.07, 6.45) is 1.28. The van der Waals surface area contributed by atoms with Crippen LogP contribution >= 0.6 is 0 Å². The summed E-state index contributed by atoms with van der Waals surface area (Å²) in [5.41, 5.74) is 0. The average molecular weight is 197 g/mol. The molecule has 1 heterocycles. The third-order valence-corrected chi connectivity index (χ3v) is 2.52. The van der Waals surface area contributed by atoms with Gasteiger partial charge in [-0.05, 0) is 13.3 Å². The maximum atomic E-state index is 11.6. The number of Topliss-reactive ketones (excluding diaryl/α,β-unsaturated/α-hetero) is 1. The van der Waals surface area contributed by atoms with Gasteiger partial charge in [-0.15, -0.1) is 0 Å². The molecule has 1 unspecified atom stereocenters. The van der Waals surface area contributed by atoms with Crippen LogP contribution in [-0.4, -0.2) is 29.0 Å². The molecule has 4 nitrogen and oxygen atoms in total. The first-order chi connectivity index (χ1) is 6.56. The molecular formula is C10H15NO3. The summed E-state index contributed by atoms with van der Waals surface area (Å²) in [5, 5.41) is 0. The van der Waals surface area contributed by atoms with Crippen molar-refractivity contribution in [2.75, 3.05) is 6.54 Å². The summed E-state index contributed by atoms with van der Waals surface area (Å²) in [5.74, 6) is -0.401. The Labute approximate surface area is 83.3 Å². The van der Waals surface area contributed by atoms with Crippen LogP contribution in [-0.2, 0) is 14.4 Å². The SMILES string of the molecule is CCC1CC(=O)N(CCC(C)=O)C1=O. The number of carbonyl (C=O) groups excluding carboxylic acids is 3. The quantitative estimate of drug-likeness (QED) is 0.625. The second-order valence-electron chi connectivity index (χ2n) is 3.64. The number of rotatable bonds is 4. The van der Waals surface area contributed by atoms with Crippen LogP contribution in [0, 0.1) is 5.92 Å². The maximum absolute atomic E-state index is 11.6. The van der Waals surface area contributed by atoms with E-state index in [0.717, 1.165) is 0 Å². The number of hydrogen-bond donors (Lipinski definition) is 0. The molecule has 0 spiro atoms.